The normalized spacial score (nSPS) is 15.4. The van der Waals surface area contributed by atoms with Gasteiger partial charge in [0.25, 0.3) is 0 Å². The van der Waals surface area contributed by atoms with Gasteiger partial charge in [0.15, 0.2) is 0 Å². The molecule has 2 heteroatoms. The first-order valence-electron chi connectivity index (χ1n) is 5.50. The summed E-state index contributed by atoms with van der Waals surface area (Å²) in [6.45, 7) is 6.54. The highest BCUT2D eigenvalue weighted by molar-refractivity contribution is 5.21. The molecule has 14 heavy (non-hydrogen) atoms. The number of nitrogens with two attached hydrogens (primary N) is 1. The van der Waals surface area contributed by atoms with E-state index in [0.29, 0.717) is 5.92 Å². The van der Waals surface area contributed by atoms with Crippen LogP contribution in [0.3, 0.4) is 0 Å². The third-order valence-corrected chi connectivity index (χ3v) is 2.85. The van der Waals surface area contributed by atoms with Crippen LogP contribution in [0.4, 0.5) is 0 Å². The van der Waals surface area contributed by atoms with Gasteiger partial charge in [0.2, 0.25) is 0 Å². The van der Waals surface area contributed by atoms with E-state index in [1.807, 2.05) is 6.07 Å². The molecule has 1 aromatic rings. The smallest absolute Gasteiger partial charge is 0.108 e. The van der Waals surface area contributed by atoms with Crippen molar-refractivity contribution in [2.45, 2.75) is 46.1 Å². The van der Waals surface area contributed by atoms with Gasteiger partial charge in [-0.25, -0.2) is 0 Å². The number of hydrogen-bond donors (Lipinski definition) is 1. The van der Waals surface area contributed by atoms with Gasteiger partial charge in [0, 0.05) is 18.0 Å². The van der Waals surface area contributed by atoms with Gasteiger partial charge in [-0.2, -0.15) is 0 Å². The van der Waals surface area contributed by atoms with Crippen molar-refractivity contribution in [3.05, 3.63) is 23.7 Å². The van der Waals surface area contributed by atoms with E-state index in [-0.39, 0.29) is 6.04 Å². The van der Waals surface area contributed by atoms with Crippen molar-refractivity contribution in [1.29, 1.82) is 0 Å². The summed E-state index contributed by atoms with van der Waals surface area (Å²) in [6.07, 6.45) is 4.90. The highest BCUT2D eigenvalue weighted by Crippen LogP contribution is 2.24. The summed E-state index contributed by atoms with van der Waals surface area (Å²) in [4.78, 5) is 0. The number of furan rings is 1. The van der Waals surface area contributed by atoms with Crippen LogP contribution in [-0.4, -0.2) is 0 Å². The van der Waals surface area contributed by atoms with Gasteiger partial charge in [-0.15, -0.1) is 0 Å². The van der Waals surface area contributed by atoms with Crippen molar-refractivity contribution in [3.63, 3.8) is 0 Å². The van der Waals surface area contributed by atoms with Crippen molar-refractivity contribution in [2.75, 3.05) is 0 Å². The third-order valence-electron chi connectivity index (χ3n) is 2.85. The molecule has 2 unspecified atom stereocenters. The van der Waals surface area contributed by atoms with Crippen LogP contribution in [0.1, 0.15) is 51.0 Å². The van der Waals surface area contributed by atoms with E-state index in [0.717, 1.165) is 18.6 Å². The molecule has 0 bridgehead atoms. The highest BCUT2D eigenvalue weighted by atomic mass is 16.3. The standard InChI is InChI=1S/C12H21NO/c1-4-9(3)8-11(13)10-6-7-14-12(10)5-2/h6-7,9,11H,4-5,8,13H2,1-3H3. The lowest BCUT2D eigenvalue weighted by molar-refractivity contribution is 0.449. The second-order valence-corrected chi connectivity index (χ2v) is 4.01. The van der Waals surface area contributed by atoms with Crippen LogP contribution in [-0.2, 0) is 6.42 Å². The zero-order chi connectivity index (χ0) is 10.6. The Morgan fingerprint density at radius 2 is 2.14 bits per heavy atom. The molecule has 2 nitrogen and oxygen atoms in total. The zero-order valence-electron chi connectivity index (χ0n) is 9.42. The van der Waals surface area contributed by atoms with Crippen LogP contribution in [0.5, 0.6) is 0 Å². The monoisotopic (exact) mass is 195 g/mol. The molecule has 80 valence electrons. The molecule has 0 saturated heterocycles. The maximum atomic E-state index is 6.13. The molecule has 0 aromatic carbocycles. The Bertz CT molecular complexity index is 267. The molecule has 0 saturated carbocycles. The van der Waals surface area contributed by atoms with E-state index in [4.69, 9.17) is 10.2 Å². The largest absolute Gasteiger partial charge is 0.469 e. The quantitative estimate of drug-likeness (QED) is 0.783. The van der Waals surface area contributed by atoms with Crippen LogP contribution in [0.2, 0.25) is 0 Å². The van der Waals surface area contributed by atoms with Gasteiger partial charge in [-0.3, -0.25) is 0 Å². The molecule has 0 amide bonds. The molecule has 1 aromatic heterocycles. The fraction of sp³-hybridized carbons (Fsp3) is 0.667. The summed E-state index contributed by atoms with van der Waals surface area (Å²) < 4.78 is 5.37. The number of hydrogen-bond acceptors (Lipinski definition) is 2. The Hall–Kier alpha value is -0.760. The van der Waals surface area contributed by atoms with E-state index >= 15 is 0 Å². The minimum Gasteiger partial charge on any atom is -0.469 e. The van der Waals surface area contributed by atoms with Crippen LogP contribution in [0.15, 0.2) is 16.7 Å². The first kappa shape index (κ1) is 11.3. The molecule has 1 heterocycles. The summed E-state index contributed by atoms with van der Waals surface area (Å²) in [5.41, 5.74) is 7.32. The maximum absolute atomic E-state index is 6.13. The van der Waals surface area contributed by atoms with E-state index in [1.54, 1.807) is 6.26 Å². The maximum Gasteiger partial charge on any atom is 0.108 e. The van der Waals surface area contributed by atoms with Gasteiger partial charge < -0.3 is 10.2 Å². The van der Waals surface area contributed by atoms with Crippen LogP contribution in [0.25, 0.3) is 0 Å². The minimum absolute atomic E-state index is 0.138. The van der Waals surface area contributed by atoms with E-state index in [9.17, 15) is 0 Å². The summed E-state index contributed by atoms with van der Waals surface area (Å²) >= 11 is 0. The lowest BCUT2D eigenvalue weighted by Crippen LogP contribution is -2.14. The average molecular weight is 195 g/mol. The molecule has 0 spiro atoms. The van der Waals surface area contributed by atoms with Crippen molar-refractivity contribution in [2.24, 2.45) is 11.7 Å². The predicted molar refractivity (Wildman–Crippen MR) is 59.1 cm³/mol. The van der Waals surface area contributed by atoms with Crippen molar-refractivity contribution >= 4 is 0 Å². The van der Waals surface area contributed by atoms with Crippen molar-refractivity contribution in [1.82, 2.24) is 0 Å². The molecule has 1 rings (SSSR count). The molecule has 2 atom stereocenters. The summed E-state index contributed by atoms with van der Waals surface area (Å²) in [6, 6.07) is 2.14. The molecule has 0 fully saturated rings. The van der Waals surface area contributed by atoms with Crippen LogP contribution in [0, 0.1) is 5.92 Å². The predicted octanol–water partition coefficient (Wildman–Crippen LogP) is 3.28. The van der Waals surface area contributed by atoms with Crippen molar-refractivity contribution < 1.29 is 4.42 Å². The molecule has 0 radical (unpaired) electrons. The van der Waals surface area contributed by atoms with Gasteiger partial charge in [-0.1, -0.05) is 27.2 Å². The first-order chi connectivity index (χ1) is 6.69. The number of rotatable bonds is 5. The van der Waals surface area contributed by atoms with Gasteiger partial charge in [-0.05, 0) is 18.4 Å². The molecule has 0 aliphatic rings. The fourth-order valence-electron chi connectivity index (χ4n) is 1.70. The Morgan fingerprint density at radius 1 is 1.43 bits per heavy atom. The fourth-order valence-corrected chi connectivity index (χ4v) is 1.70. The van der Waals surface area contributed by atoms with Gasteiger partial charge in [0.05, 0.1) is 6.26 Å². The molecular weight excluding hydrogens is 174 g/mol. The van der Waals surface area contributed by atoms with E-state index in [1.165, 1.54) is 12.0 Å². The van der Waals surface area contributed by atoms with Crippen LogP contribution < -0.4 is 5.73 Å². The molecule has 0 aliphatic heterocycles. The Balaban J connectivity index is 2.64. The Labute approximate surface area is 86.5 Å². The van der Waals surface area contributed by atoms with E-state index in [2.05, 4.69) is 20.8 Å². The second-order valence-electron chi connectivity index (χ2n) is 4.01. The zero-order valence-corrected chi connectivity index (χ0v) is 9.42. The molecule has 2 N–H and O–H groups in total. The summed E-state index contributed by atoms with van der Waals surface area (Å²) in [5.74, 6) is 1.73. The summed E-state index contributed by atoms with van der Waals surface area (Å²) in [7, 11) is 0. The third kappa shape index (κ3) is 2.61. The second kappa shape index (κ2) is 5.20. The topological polar surface area (TPSA) is 39.2 Å². The highest BCUT2D eigenvalue weighted by Gasteiger charge is 2.14. The number of aryl methyl sites for hydroxylation is 1. The van der Waals surface area contributed by atoms with Gasteiger partial charge in [0.1, 0.15) is 5.76 Å². The first-order valence-corrected chi connectivity index (χ1v) is 5.50. The lowest BCUT2D eigenvalue weighted by atomic mass is 9.95. The molecule has 0 aliphatic carbocycles. The van der Waals surface area contributed by atoms with E-state index < -0.39 is 0 Å². The Kier molecular flexibility index (Phi) is 4.21. The SMILES string of the molecule is CCc1occc1C(N)CC(C)CC. The molecular formula is C12H21NO. The lowest BCUT2D eigenvalue weighted by Gasteiger charge is -2.15. The Morgan fingerprint density at radius 3 is 2.71 bits per heavy atom. The summed E-state index contributed by atoms with van der Waals surface area (Å²) in [5, 5.41) is 0. The van der Waals surface area contributed by atoms with Crippen LogP contribution >= 0.6 is 0 Å². The minimum atomic E-state index is 0.138. The average Bonchev–Trinajstić information content (AvgIpc) is 2.65. The van der Waals surface area contributed by atoms with Crippen molar-refractivity contribution in [3.8, 4) is 0 Å². The van der Waals surface area contributed by atoms with Gasteiger partial charge >= 0.3 is 0 Å².